The zero-order chi connectivity index (χ0) is 16.7. The lowest BCUT2D eigenvalue weighted by Gasteiger charge is -2.11. The van der Waals surface area contributed by atoms with Crippen LogP contribution in [0.3, 0.4) is 0 Å². The van der Waals surface area contributed by atoms with Crippen LogP contribution in [0.25, 0.3) is 17.2 Å². The van der Waals surface area contributed by atoms with Gasteiger partial charge < -0.3 is 0 Å². The second kappa shape index (κ2) is 5.91. The molecule has 4 nitrogen and oxygen atoms in total. The second-order valence-electron chi connectivity index (χ2n) is 4.95. The predicted octanol–water partition coefficient (Wildman–Crippen LogP) is 3.97. The van der Waals surface area contributed by atoms with E-state index in [0.717, 1.165) is 5.56 Å². The number of aryl methyl sites for hydroxylation is 2. The summed E-state index contributed by atoms with van der Waals surface area (Å²) in [5.74, 6) is -2.74. The quantitative estimate of drug-likeness (QED) is 0.579. The lowest BCUT2D eigenvalue weighted by atomic mass is 10.2. The van der Waals surface area contributed by atoms with Crippen LogP contribution in [0.15, 0.2) is 24.5 Å². The Hall–Kier alpha value is -1.97. The molecule has 0 saturated heterocycles. The van der Waals surface area contributed by atoms with E-state index in [-0.39, 0.29) is 5.82 Å². The van der Waals surface area contributed by atoms with E-state index in [1.54, 1.807) is 19.3 Å². The lowest BCUT2D eigenvalue weighted by molar-refractivity contribution is 0.533. The summed E-state index contributed by atoms with van der Waals surface area (Å²) in [6, 6.07) is 1.26. The van der Waals surface area contributed by atoms with Crippen LogP contribution >= 0.6 is 22.6 Å². The Bertz CT molecular complexity index is 867. The Labute approximate surface area is 143 Å². The van der Waals surface area contributed by atoms with E-state index < -0.39 is 23.1 Å². The zero-order valence-corrected chi connectivity index (χ0v) is 14.3. The van der Waals surface area contributed by atoms with Gasteiger partial charge in [-0.05, 0) is 19.4 Å². The van der Waals surface area contributed by atoms with Crippen molar-refractivity contribution in [2.24, 2.45) is 0 Å². The second-order valence-corrected chi connectivity index (χ2v) is 5.92. The molecule has 1 aromatic carbocycles. The minimum Gasteiger partial charge on any atom is -0.279 e. The van der Waals surface area contributed by atoms with Gasteiger partial charge in [-0.15, -0.1) is 0 Å². The van der Waals surface area contributed by atoms with Crippen LogP contribution in [0.1, 0.15) is 11.3 Å². The number of hydrogen-bond acceptors (Lipinski definition) is 3. The first-order chi connectivity index (χ1) is 10.9. The highest BCUT2D eigenvalue weighted by atomic mass is 127. The first-order valence-corrected chi connectivity index (χ1v) is 7.65. The van der Waals surface area contributed by atoms with E-state index in [9.17, 15) is 13.2 Å². The van der Waals surface area contributed by atoms with Gasteiger partial charge in [0.25, 0.3) is 0 Å². The molecular formula is C15H10F3IN4. The fraction of sp³-hybridized carbons (Fsp3) is 0.133. The molecule has 0 fully saturated rings. The van der Waals surface area contributed by atoms with Gasteiger partial charge in [-0.1, -0.05) is 0 Å². The highest BCUT2D eigenvalue weighted by Gasteiger charge is 2.23. The molecule has 3 rings (SSSR count). The number of rotatable bonds is 2. The van der Waals surface area contributed by atoms with Gasteiger partial charge in [0.05, 0.1) is 5.69 Å². The van der Waals surface area contributed by atoms with Crippen molar-refractivity contribution in [3.05, 3.63) is 57.1 Å². The Balaban J connectivity index is 2.32. The number of nitrogens with zero attached hydrogens (tertiary/aromatic N) is 4. The fourth-order valence-corrected chi connectivity index (χ4v) is 3.07. The Kier molecular flexibility index (Phi) is 4.09. The Morgan fingerprint density at radius 2 is 1.57 bits per heavy atom. The van der Waals surface area contributed by atoms with Crippen LogP contribution in [0.5, 0.6) is 0 Å². The summed E-state index contributed by atoms with van der Waals surface area (Å²) in [6.45, 7) is 3.52. The molecular weight excluding hydrogens is 420 g/mol. The minimum atomic E-state index is -1.02. The summed E-state index contributed by atoms with van der Waals surface area (Å²) in [4.78, 5) is 12.6. The van der Waals surface area contributed by atoms with E-state index in [1.807, 2.05) is 29.5 Å². The van der Waals surface area contributed by atoms with Gasteiger partial charge in [0.1, 0.15) is 17.2 Å². The molecule has 0 atom stereocenters. The number of imidazole rings is 1. The summed E-state index contributed by atoms with van der Waals surface area (Å²) in [5.41, 5.74) is 1.32. The topological polar surface area (TPSA) is 43.6 Å². The van der Waals surface area contributed by atoms with Crippen molar-refractivity contribution in [3.8, 4) is 17.2 Å². The monoisotopic (exact) mass is 430 g/mol. The van der Waals surface area contributed by atoms with Crippen molar-refractivity contribution in [1.29, 1.82) is 0 Å². The van der Waals surface area contributed by atoms with E-state index >= 15 is 0 Å². The number of hydrogen-bond donors (Lipinski definition) is 0. The molecule has 23 heavy (non-hydrogen) atoms. The molecule has 8 heteroatoms. The van der Waals surface area contributed by atoms with Crippen molar-refractivity contribution in [2.75, 3.05) is 0 Å². The lowest BCUT2D eigenvalue weighted by Crippen LogP contribution is -2.08. The fourth-order valence-electron chi connectivity index (χ4n) is 2.22. The zero-order valence-electron chi connectivity index (χ0n) is 12.1. The standard InChI is InChI=1S/C15H10F3IN4/c1-7-5-20-14(21-6-7)12-8(2)22-15(19)23(12)13-10(17)3-9(16)4-11(13)18/h3-6H,1-2H3. The molecule has 0 radical (unpaired) electrons. The molecule has 0 aliphatic rings. The Morgan fingerprint density at radius 3 is 2.13 bits per heavy atom. The average Bonchev–Trinajstić information content (AvgIpc) is 2.74. The van der Waals surface area contributed by atoms with E-state index in [4.69, 9.17) is 0 Å². The summed E-state index contributed by atoms with van der Waals surface area (Å²) in [6.07, 6.45) is 3.20. The van der Waals surface area contributed by atoms with Gasteiger partial charge >= 0.3 is 0 Å². The summed E-state index contributed by atoms with van der Waals surface area (Å²) in [5, 5.41) is 0. The summed E-state index contributed by atoms with van der Waals surface area (Å²) in [7, 11) is 0. The van der Waals surface area contributed by atoms with Crippen LogP contribution < -0.4 is 0 Å². The minimum absolute atomic E-state index is 0.284. The SMILES string of the molecule is Cc1cnc(-c2c(C)nc(I)n2-c2c(F)cc(F)cc2F)nc1. The van der Waals surface area contributed by atoms with E-state index in [0.29, 0.717) is 27.4 Å². The smallest absolute Gasteiger partial charge is 0.178 e. The predicted molar refractivity (Wildman–Crippen MR) is 86.7 cm³/mol. The molecule has 0 N–H and O–H groups in total. The van der Waals surface area contributed by atoms with Crippen molar-refractivity contribution in [3.63, 3.8) is 0 Å². The van der Waals surface area contributed by atoms with E-state index in [1.165, 1.54) is 4.57 Å². The maximum atomic E-state index is 14.2. The third-order valence-electron chi connectivity index (χ3n) is 3.21. The van der Waals surface area contributed by atoms with Crippen LogP contribution in [-0.4, -0.2) is 19.5 Å². The highest BCUT2D eigenvalue weighted by Crippen LogP contribution is 2.30. The molecule has 2 aromatic heterocycles. The highest BCUT2D eigenvalue weighted by molar-refractivity contribution is 14.1. The normalized spacial score (nSPS) is 11.0. The molecule has 0 unspecified atom stereocenters. The molecule has 0 bridgehead atoms. The van der Waals surface area contributed by atoms with Crippen LogP contribution in [-0.2, 0) is 0 Å². The van der Waals surface area contributed by atoms with Crippen molar-refractivity contribution < 1.29 is 13.2 Å². The van der Waals surface area contributed by atoms with Crippen LogP contribution in [0, 0.1) is 35.1 Å². The molecule has 3 aromatic rings. The van der Waals surface area contributed by atoms with Crippen molar-refractivity contribution in [2.45, 2.75) is 13.8 Å². The summed E-state index contributed by atoms with van der Waals surface area (Å²) >= 11 is 1.86. The Morgan fingerprint density at radius 1 is 1.00 bits per heavy atom. The largest absolute Gasteiger partial charge is 0.279 e. The molecule has 0 aliphatic carbocycles. The molecule has 0 spiro atoms. The van der Waals surface area contributed by atoms with Crippen LogP contribution in [0.2, 0.25) is 0 Å². The van der Waals surface area contributed by atoms with Crippen LogP contribution in [0.4, 0.5) is 13.2 Å². The van der Waals surface area contributed by atoms with E-state index in [2.05, 4.69) is 15.0 Å². The molecule has 0 amide bonds. The number of aromatic nitrogens is 4. The molecule has 0 aliphatic heterocycles. The first-order valence-electron chi connectivity index (χ1n) is 6.57. The van der Waals surface area contributed by atoms with Gasteiger partial charge in [-0.3, -0.25) is 4.57 Å². The first kappa shape index (κ1) is 15.9. The van der Waals surface area contributed by atoms with Crippen molar-refractivity contribution in [1.82, 2.24) is 19.5 Å². The van der Waals surface area contributed by atoms with Crippen molar-refractivity contribution >= 4 is 22.6 Å². The maximum Gasteiger partial charge on any atom is 0.178 e. The molecule has 2 heterocycles. The van der Waals surface area contributed by atoms with Gasteiger partial charge in [0, 0.05) is 47.1 Å². The third kappa shape index (κ3) is 2.82. The average molecular weight is 430 g/mol. The number of halogens is 4. The summed E-state index contributed by atoms with van der Waals surface area (Å²) < 4.78 is 43.1. The molecule has 118 valence electrons. The van der Waals surface area contributed by atoms with Gasteiger partial charge in [0.15, 0.2) is 21.3 Å². The van der Waals surface area contributed by atoms with Gasteiger partial charge in [-0.25, -0.2) is 28.1 Å². The maximum absolute atomic E-state index is 14.2. The van der Waals surface area contributed by atoms with Gasteiger partial charge in [-0.2, -0.15) is 0 Å². The van der Waals surface area contributed by atoms with Gasteiger partial charge in [0.2, 0.25) is 0 Å². The third-order valence-corrected chi connectivity index (χ3v) is 3.93. The molecule has 0 saturated carbocycles. The number of benzene rings is 1.